The van der Waals surface area contributed by atoms with Gasteiger partial charge < -0.3 is 11.5 Å². The van der Waals surface area contributed by atoms with E-state index < -0.39 is 0 Å². The number of allylic oxidation sites excluding steroid dienone is 1. The molecule has 0 amide bonds. The molecule has 1 saturated carbocycles. The molecular weight excluding hydrogens is 168 g/mol. The van der Waals surface area contributed by atoms with Gasteiger partial charge in [0.2, 0.25) is 0 Å². The van der Waals surface area contributed by atoms with E-state index >= 15 is 0 Å². The topological polar surface area (TPSA) is 52.0 Å². The summed E-state index contributed by atoms with van der Waals surface area (Å²) in [6, 6.07) is 0. The van der Waals surface area contributed by atoms with Gasteiger partial charge in [0, 0.05) is 5.70 Å². The van der Waals surface area contributed by atoms with Gasteiger partial charge in [0.15, 0.2) is 0 Å². The molecule has 12 heavy (non-hydrogen) atoms. The maximum atomic E-state index is 5.84. The molecule has 1 aliphatic rings. The Hall–Kier alpha value is -0.570. The minimum Gasteiger partial charge on any atom is -0.402 e. The van der Waals surface area contributed by atoms with Crippen molar-refractivity contribution in [3.05, 3.63) is 11.8 Å². The monoisotopic (exact) mass is 184 g/mol. The van der Waals surface area contributed by atoms with Gasteiger partial charge in [0.05, 0.1) is 4.99 Å². The van der Waals surface area contributed by atoms with Crippen LogP contribution < -0.4 is 11.5 Å². The average Bonchev–Trinajstić information content (AvgIpc) is 2.05. The fraction of sp³-hybridized carbons (Fsp3) is 0.667. The Morgan fingerprint density at radius 2 is 1.75 bits per heavy atom. The molecule has 0 aromatic carbocycles. The number of thiocarbonyl (C=S) groups is 1. The molecule has 0 heterocycles. The fourth-order valence-electron chi connectivity index (χ4n) is 1.72. The summed E-state index contributed by atoms with van der Waals surface area (Å²) in [7, 11) is 0. The summed E-state index contributed by atoms with van der Waals surface area (Å²) in [6.07, 6.45) is 8.05. The highest BCUT2D eigenvalue weighted by Gasteiger charge is 2.15. The highest BCUT2D eigenvalue weighted by atomic mass is 32.1. The zero-order chi connectivity index (χ0) is 8.97. The molecule has 1 aliphatic carbocycles. The number of nitrogens with two attached hydrogens (primary N) is 2. The molecule has 0 aromatic heterocycles. The lowest BCUT2D eigenvalue weighted by atomic mass is 9.87. The third-order valence-electron chi connectivity index (χ3n) is 2.39. The zero-order valence-corrected chi connectivity index (χ0v) is 8.07. The smallest absolute Gasteiger partial charge is 0.0979 e. The van der Waals surface area contributed by atoms with Gasteiger partial charge in [-0.25, -0.2) is 0 Å². The highest BCUT2D eigenvalue weighted by Crippen LogP contribution is 2.27. The molecule has 0 radical (unpaired) electrons. The second kappa shape index (κ2) is 4.45. The van der Waals surface area contributed by atoms with E-state index in [0.29, 0.717) is 10.9 Å². The third-order valence-corrected chi connectivity index (χ3v) is 2.50. The summed E-state index contributed by atoms with van der Waals surface area (Å²) in [4.78, 5) is 0.401. The quantitative estimate of drug-likeness (QED) is 0.507. The Morgan fingerprint density at radius 3 is 2.25 bits per heavy atom. The van der Waals surface area contributed by atoms with Crippen molar-refractivity contribution in [2.75, 3.05) is 0 Å². The van der Waals surface area contributed by atoms with E-state index in [1.807, 2.05) is 0 Å². The predicted molar refractivity (Wildman–Crippen MR) is 55.6 cm³/mol. The van der Waals surface area contributed by atoms with Crippen LogP contribution in [0.2, 0.25) is 0 Å². The van der Waals surface area contributed by atoms with Crippen molar-refractivity contribution in [2.24, 2.45) is 17.4 Å². The summed E-state index contributed by atoms with van der Waals surface area (Å²) < 4.78 is 0. The van der Waals surface area contributed by atoms with Crippen molar-refractivity contribution in [1.29, 1.82) is 0 Å². The van der Waals surface area contributed by atoms with E-state index in [9.17, 15) is 0 Å². The maximum absolute atomic E-state index is 5.84. The lowest BCUT2D eigenvalue weighted by molar-refractivity contribution is 0.400. The van der Waals surface area contributed by atoms with Crippen LogP contribution in [0.1, 0.15) is 32.1 Å². The SMILES string of the molecule is NC(=S)/C=C(\N)C1CCCCC1. The van der Waals surface area contributed by atoms with Gasteiger partial charge >= 0.3 is 0 Å². The van der Waals surface area contributed by atoms with Gasteiger partial charge in [-0.3, -0.25) is 0 Å². The van der Waals surface area contributed by atoms with Gasteiger partial charge in [-0.15, -0.1) is 0 Å². The highest BCUT2D eigenvalue weighted by molar-refractivity contribution is 7.80. The van der Waals surface area contributed by atoms with Crippen molar-refractivity contribution in [1.82, 2.24) is 0 Å². The van der Waals surface area contributed by atoms with E-state index in [1.165, 1.54) is 32.1 Å². The second-order valence-corrected chi connectivity index (χ2v) is 3.85. The van der Waals surface area contributed by atoms with Crippen molar-refractivity contribution in [2.45, 2.75) is 32.1 Å². The van der Waals surface area contributed by atoms with Crippen LogP contribution in [0.15, 0.2) is 11.8 Å². The van der Waals surface area contributed by atoms with E-state index in [-0.39, 0.29) is 0 Å². The van der Waals surface area contributed by atoms with Crippen molar-refractivity contribution in [3.8, 4) is 0 Å². The molecule has 3 heteroatoms. The Kier molecular flexibility index (Phi) is 3.53. The first kappa shape index (κ1) is 9.52. The third kappa shape index (κ3) is 2.81. The zero-order valence-electron chi connectivity index (χ0n) is 7.25. The molecule has 0 saturated heterocycles. The van der Waals surface area contributed by atoms with Crippen LogP contribution >= 0.6 is 12.2 Å². The molecule has 0 atom stereocenters. The first-order valence-corrected chi connectivity index (χ1v) is 4.87. The standard InChI is InChI=1S/C9H16N2S/c10-8(6-9(11)12)7-4-2-1-3-5-7/h6-7H,1-5,10H2,(H2,11,12)/b8-6-. The van der Waals surface area contributed by atoms with Gasteiger partial charge in [0.25, 0.3) is 0 Å². The molecule has 1 fully saturated rings. The van der Waals surface area contributed by atoms with Crippen LogP contribution in [0, 0.1) is 5.92 Å². The van der Waals surface area contributed by atoms with Crippen molar-refractivity contribution >= 4 is 17.2 Å². The van der Waals surface area contributed by atoms with Crippen LogP contribution in [0.25, 0.3) is 0 Å². The Morgan fingerprint density at radius 1 is 1.17 bits per heavy atom. The van der Waals surface area contributed by atoms with Crippen LogP contribution in [0.5, 0.6) is 0 Å². The molecule has 0 spiro atoms. The minimum atomic E-state index is 0.401. The summed E-state index contributed by atoms with van der Waals surface area (Å²) in [5.74, 6) is 0.528. The molecule has 1 rings (SSSR count). The summed E-state index contributed by atoms with van der Waals surface area (Å²) in [5, 5.41) is 0. The van der Waals surface area contributed by atoms with Crippen molar-refractivity contribution in [3.63, 3.8) is 0 Å². The minimum absolute atomic E-state index is 0.401. The van der Waals surface area contributed by atoms with Gasteiger partial charge in [-0.2, -0.15) is 0 Å². The fourth-order valence-corrected chi connectivity index (χ4v) is 1.85. The Labute approximate surface area is 79.0 Å². The Bertz CT molecular complexity index is 193. The molecule has 0 bridgehead atoms. The van der Waals surface area contributed by atoms with E-state index in [4.69, 9.17) is 23.7 Å². The lowest BCUT2D eigenvalue weighted by Gasteiger charge is -2.21. The number of rotatable bonds is 2. The molecule has 0 unspecified atom stereocenters. The second-order valence-electron chi connectivity index (χ2n) is 3.38. The van der Waals surface area contributed by atoms with Gasteiger partial charge in [0.1, 0.15) is 0 Å². The molecule has 0 aromatic rings. The first-order valence-electron chi connectivity index (χ1n) is 4.46. The predicted octanol–water partition coefficient (Wildman–Crippen LogP) is 1.70. The maximum Gasteiger partial charge on any atom is 0.0979 e. The molecule has 2 nitrogen and oxygen atoms in total. The lowest BCUT2D eigenvalue weighted by Crippen LogP contribution is -2.18. The summed E-state index contributed by atoms with van der Waals surface area (Å²) in [6.45, 7) is 0. The van der Waals surface area contributed by atoms with E-state index in [0.717, 1.165) is 5.70 Å². The molecule has 0 aliphatic heterocycles. The molecular formula is C9H16N2S. The van der Waals surface area contributed by atoms with Crippen LogP contribution in [-0.2, 0) is 0 Å². The van der Waals surface area contributed by atoms with Crippen molar-refractivity contribution < 1.29 is 0 Å². The first-order chi connectivity index (χ1) is 5.70. The Balaban J connectivity index is 2.49. The number of hydrogen-bond acceptors (Lipinski definition) is 2. The molecule has 4 N–H and O–H groups in total. The van der Waals surface area contributed by atoms with Gasteiger partial charge in [-0.05, 0) is 24.8 Å². The van der Waals surface area contributed by atoms with Crippen LogP contribution in [0.3, 0.4) is 0 Å². The summed E-state index contributed by atoms with van der Waals surface area (Å²) >= 11 is 4.76. The largest absolute Gasteiger partial charge is 0.402 e. The van der Waals surface area contributed by atoms with Gasteiger partial charge in [-0.1, -0.05) is 31.5 Å². The number of hydrogen-bond donors (Lipinski definition) is 2. The van der Waals surface area contributed by atoms with Crippen LogP contribution in [-0.4, -0.2) is 4.99 Å². The van der Waals surface area contributed by atoms with Crippen LogP contribution in [0.4, 0.5) is 0 Å². The van der Waals surface area contributed by atoms with E-state index in [1.54, 1.807) is 6.08 Å². The summed E-state index contributed by atoms with van der Waals surface area (Å²) in [5.41, 5.74) is 12.1. The molecule has 68 valence electrons. The van der Waals surface area contributed by atoms with E-state index in [2.05, 4.69) is 0 Å². The average molecular weight is 184 g/mol. The normalized spacial score (nSPS) is 20.8.